The average molecular weight is 266 g/mol. The number of ether oxygens (including phenoxy) is 1. The lowest BCUT2D eigenvalue weighted by molar-refractivity contribution is -0.144. The molecule has 4 heteroatoms. The van der Waals surface area contributed by atoms with Crippen molar-refractivity contribution in [3.05, 3.63) is 35.9 Å². The van der Waals surface area contributed by atoms with Crippen LogP contribution in [0, 0.1) is 5.92 Å². The minimum Gasteiger partial charge on any atom is -0.469 e. The maximum absolute atomic E-state index is 12.0. The molecule has 0 saturated carbocycles. The Hall–Kier alpha value is -1.29. The summed E-state index contributed by atoms with van der Waals surface area (Å²) in [6.07, 6.45) is 0.212. The maximum Gasteiger partial charge on any atom is 0.309 e. The number of esters is 1. The molecule has 1 aromatic carbocycles. The van der Waals surface area contributed by atoms with Crippen molar-refractivity contribution in [2.45, 2.75) is 13.3 Å². The second-order valence-electron chi connectivity index (χ2n) is 3.87. The normalized spacial score (nSPS) is 11.9. The van der Waals surface area contributed by atoms with Crippen LogP contribution in [0.2, 0.25) is 0 Å². The van der Waals surface area contributed by atoms with Crippen molar-refractivity contribution in [3.8, 4) is 0 Å². The predicted octanol–water partition coefficient (Wildman–Crippen LogP) is 2.80. The van der Waals surface area contributed by atoms with Crippen LogP contribution in [0.15, 0.2) is 30.3 Å². The Labute approximate surface area is 112 Å². The van der Waals surface area contributed by atoms with Crippen LogP contribution >= 0.6 is 11.8 Å². The third-order valence-electron chi connectivity index (χ3n) is 2.59. The first-order valence-electron chi connectivity index (χ1n) is 5.92. The number of Topliss-reactive ketones (excluding diaryl/α,β-unsaturated/α-hetero) is 1. The van der Waals surface area contributed by atoms with E-state index >= 15 is 0 Å². The Morgan fingerprint density at radius 1 is 1.28 bits per heavy atom. The van der Waals surface area contributed by atoms with Crippen molar-refractivity contribution in [2.24, 2.45) is 5.92 Å². The van der Waals surface area contributed by atoms with Crippen LogP contribution in [0.25, 0.3) is 0 Å². The molecule has 0 aromatic heterocycles. The van der Waals surface area contributed by atoms with Crippen molar-refractivity contribution in [3.63, 3.8) is 0 Å². The molecule has 0 aliphatic heterocycles. The van der Waals surface area contributed by atoms with E-state index in [-0.39, 0.29) is 24.1 Å². The summed E-state index contributed by atoms with van der Waals surface area (Å²) in [4.78, 5) is 23.6. The van der Waals surface area contributed by atoms with Crippen LogP contribution in [-0.4, -0.2) is 30.4 Å². The predicted molar refractivity (Wildman–Crippen MR) is 73.9 cm³/mol. The zero-order chi connectivity index (χ0) is 13.4. The molecule has 0 amide bonds. The van der Waals surface area contributed by atoms with Gasteiger partial charge >= 0.3 is 5.97 Å². The standard InChI is InChI=1S/C14H18O3S/c1-3-18-10-12(14(16)17-2)9-13(15)11-7-5-4-6-8-11/h4-8,12H,3,9-10H2,1-2H3. The van der Waals surface area contributed by atoms with Crippen LogP contribution in [-0.2, 0) is 9.53 Å². The van der Waals surface area contributed by atoms with Crippen LogP contribution < -0.4 is 0 Å². The average Bonchev–Trinajstić information content (AvgIpc) is 2.43. The summed E-state index contributed by atoms with van der Waals surface area (Å²) in [5.41, 5.74) is 0.646. The van der Waals surface area contributed by atoms with Gasteiger partial charge in [-0.05, 0) is 5.75 Å². The van der Waals surface area contributed by atoms with Gasteiger partial charge in [-0.15, -0.1) is 0 Å². The fraction of sp³-hybridized carbons (Fsp3) is 0.429. The molecule has 0 aliphatic rings. The molecule has 0 N–H and O–H groups in total. The van der Waals surface area contributed by atoms with E-state index in [9.17, 15) is 9.59 Å². The topological polar surface area (TPSA) is 43.4 Å². The Balaban J connectivity index is 2.65. The molecule has 0 heterocycles. The highest BCUT2D eigenvalue weighted by Crippen LogP contribution is 2.17. The lowest BCUT2D eigenvalue weighted by atomic mass is 10.00. The van der Waals surface area contributed by atoms with E-state index in [4.69, 9.17) is 4.74 Å². The molecule has 1 aromatic rings. The molecule has 18 heavy (non-hydrogen) atoms. The summed E-state index contributed by atoms with van der Waals surface area (Å²) >= 11 is 1.64. The van der Waals surface area contributed by atoms with Gasteiger partial charge < -0.3 is 4.74 Å². The molecule has 0 saturated heterocycles. The monoisotopic (exact) mass is 266 g/mol. The molecule has 0 radical (unpaired) electrons. The van der Waals surface area contributed by atoms with Gasteiger partial charge in [0, 0.05) is 17.7 Å². The van der Waals surface area contributed by atoms with Crippen LogP contribution in [0.1, 0.15) is 23.7 Å². The number of methoxy groups -OCH3 is 1. The summed E-state index contributed by atoms with van der Waals surface area (Å²) < 4.78 is 4.74. The minimum atomic E-state index is -0.354. The summed E-state index contributed by atoms with van der Waals surface area (Å²) in [6, 6.07) is 9.04. The van der Waals surface area contributed by atoms with E-state index in [1.807, 2.05) is 25.1 Å². The first kappa shape index (κ1) is 14.8. The Kier molecular flexibility index (Phi) is 6.50. The second-order valence-corrected chi connectivity index (χ2v) is 5.19. The van der Waals surface area contributed by atoms with Crippen LogP contribution in [0.4, 0.5) is 0 Å². The van der Waals surface area contributed by atoms with Crippen molar-refractivity contribution >= 4 is 23.5 Å². The highest BCUT2D eigenvalue weighted by atomic mass is 32.2. The van der Waals surface area contributed by atoms with Crippen molar-refractivity contribution < 1.29 is 14.3 Å². The summed E-state index contributed by atoms with van der Waals surface area (Å²) in [5.74, 6) is 0.880. The molecule has 1 rings (SSSR count). The van der Waals surface area contributed by atoms with Crippen molar-refractivity contribution in [2.75, 3.05) is 18.6 Å². The number of benzene rings is 1. The Morgan fingerprint density at radius 2 is 1.94 bits per heavy atom. The number of hydrogen-bond acceptors (Lipinski definition) is 4. The van der Waals surface area contributed by atoms with Gasteiger partial charge in [-0.2, -0.15) is 11.8 Å². The molecule has 1 atom stereocenters. The first-order chi connectivity index (χ1) is 8.69. The van der Waals surface area contributed by atoms with Crippen LogP contribution in [0.3, 0.4) is 0 Å². The highest BCUT2D eigenvalue weighted by Gasteiger charge is 2.22. The second kappa shape index (κ2) is 7.93. The Morgan fingerprint density at radius 3 is 2.50 bits per heavy atom. The van der Waals surface area contributed by atoms with E-state index in [1.165, 1.54) is 7.11 Å². The van der Waals surface area contributed by atoms with Gasteiger partial charge in [0.2, 0.25) is 0 Å². The first-order valence-corrected chi connectivity index (χ1v) is 7.08. The summed E-state index contributed by atoms with van der Waals surface area (Å²) in [6.45, 7) is 2.03. The van der Waals surface area contributed by atoms with E-state index < -0.39 is 0 Å². The molecule has 1 unspecified atom stereocenters. The fourth-order valence-electron chi connectivity index (χ4n) is 1.60. The van der Waals surface area contributed by atoms with Crippen molar-refractivity contribution in [1.29, 1.82) is 0 Å². The molecule has 0 fully saturated rings. The zero-order valence-electron chi connectivity index (χ0n) is 10.7. The van der Waals surface area contributed by atoms with Gasteiger partial charge in [0.25, 0.3) is 0 Å². The van der Waals surface area contributed by atoms with Crippen LogP contribution in [0.5, 0.6) is 0 Å². The lowest BCUT2D eigenvalue weighted by Crippen LogP contribution is -2.22. The number of carbonyl (C=O) groups excluding carboxylic acids is 2. The number of hydrogen-bond donors (Lipinski definition) is 0. The third kappa shape index (κ3) is 4.53. The van der Waals surface area contributed by atoms with E-state index in [2.05, 4.69) is 0 Å². The number of ketones is 1. The van der Waals surface area contributed by atoms with Gasteiger partial charge in [-0.3, -0.25) is 9.59 Å². The summed E-state index contributed by atoms with van der Waals surface area (Å²) in [7, 11) is 1.36. The molecule has 3 nitrogen and oxygen atoms in total. The van der Waals surface area contributed by atoms with Gasteiger partial charge in [-0.25, -0.2) is 0 Å². The van der Waals surface area contributed by atoms with Gasteiger partial charge in [-0.1, -0.05) is 37.3 Å². The van der Waals surface area contributed by atoms with Gasteiger partial charge in [0.05, 0.1) is 13.0 Å². The molecule has 98 valence electrons. The zero-order valence-corrected chi connectivity index (χ0v) is 11.5. The Bertz CT molecular complexity index is 389. The fourth-order valence-corrected chi connectivity index (χ4v) is 2.38. The lowest BCUT2D eigenvalue weighted by Gasteiger charge is -2.13. The number of carbonyl (C=O) groups is 2. The van der Waals surface area contributed by atoms with E-state index in [1.54, 1.807) is 23.9 Å². The molecular formula is C14H18O3S. The molecule has 0 aliphatic carbocycles. The molecule has 0 bridgehead atoms. The SMILES string of the molecule is CCSCC(CC(=O)c1ccccc1)C(=O)OC. The minimum absolute atomic E-state index is 0.0114. The third-order valence-corrected chi connectivity index (χ3v) is 3.63. The quantitative estimate of drug-likeness (QED) is 0.562. The van der Waals surface area contributed by atoms with Gasteiger partial charge in [0.1, 0.15) is 0 Å². The highest BCUT2D eigenvalue weighted by molar-refractivity contribution is 7.99. The number of rotatable bonds is 7. The molecule has 0 spiro atoms. The van der Waals surface area contributed by atoms with Crippen molar-refractivity contribution in [1.82, 2.24) is 0 Å². The number of thioether (sulfide) groups is 1. The smallest absolute Gasteiger partial charge is 0.309 e. The molecular weight excluding hydrogens is 248 g/mol. The maximum atomic E-state index is 12.0. The van der Waals surface area contributed by atoms with Gasteiger partial charge in [0.15, 0.2) is 5.78 Å². The largest absolute Gasteiger partial charge is 0.469 e. The van der Waals surface area contributed by atoms with E-state index in [0.717, 1.165) is 5.75 Å². The summed E-state index contributed by atoms with van der Waals surface area (Å²) in [5, 5.41) is 0. The van der Waals surface area contributed by atoms with E-state index in [0.29, 0.717) is 11.3 Å².